The number of benzene rings is 1. The van der Waals surface area contributed by atoms with Gasteiger partial charge in [0.05, 0.1) is 0 Å². The fourth-order valence-electron chi connectivity index (χ4n) is 3.35. The van der Waals surface area contributed by atoms with Gasteiger partial charge in [-0.05, 0) is 42.9 Å². The van der Waals surface area contributed by atoms with E-state index in [1.807, 2.05) is 0 Å². The van der Waals surface area contributed by atoms with Crippen LogP contribution in [0.5, 0.6) is 0 Å². The lowest BCUT2D eigenvalue weighted by Gasteiger charge is -2.30. The van der Waals surface area contributed by atoms with E-state index in [4.69, 9.17) is 0 Å². The van der Waals surface area contributed by atoms with E-state index in [1.54, 1.807) is 0 Å². The topological polar surface area (TPSA) is 41.1 Å². The van der Waals surface area contributed by atoms with Crippen molar-refractivity contribution in [2.24, 2.45) is 5.92 Å². The first-order chi connectivity index (χ1) is 11.1. The van der Waals surface area contributed by atoms with Crippen LogP contribution in [0.3, 0.4) is 0 Å². The van der Waals surface area contributed by atoms with Crippen molar-refractivity contribution in [3.63, 3.8) is 0 Å². The predicted octanol–water partition coefficient (Wildman–Crippen LogP) is 4.19. The van der Waals surface area contributed by atoms with Crippen LogP contribution >= 0.6 is 12.4 Å². The minimum atomic E-state index is -0.0649. The summed E-state index contributed by atoms with van der Waals surface area (Å²) in [5.74, 6) is 0.364. The van der Waals surface area contributed by atoms with Gasteiger partial charge >= 0.3 is 0 Å². The zero-order valence-corrected chi connectivity index (χ0v) is 17.4. The first kappa shape index (κ1) is 22.0. The maximum atomic E-state index is 12.5. The highest BCUT2D eigenvalue weighted by Gasteiger charge is 2.27. The molecule has 0 unspecified atom stereocenters. The van der Waals surface area contributed by atoms with E-state index in [0.717, 1.165) is 19.4 Å². The second kappa shape index (κ2) is 8.55. The normalized spacial score (nSPS) is 21.4. The van der Waals surface area contributed by atoms with Crippen molar-refractivity contribution in [3.05, 3.63) is 35.4 Å². The van der Waals surface area contributed by atoms with Gasteiger partial charge in [0, 0.05) is 23.9 Å². The van der Waals surface area contributed by atoms with Crippen LogP contribution in [0.15, 0.2) is 24.3 Å². The Morgan fingerprint density at radius 2 is 1.68 bits per heavy atom. The first-order valence-corrected chi connectivity index (χ1v) is 9.22. The van der Waals surface area contributed by atoms with Gasteiger partial charge in [-0.15, -0.1) is 12.4 Å². The Bertz CT molecular complexity index is 560. The molecule has 1 aliphatic heterocycles. The molecule has 1 aromatic carbocycles. The van der Waals surface area contributed by atoms with E-state index in [2.05, 4.69) is 76.4 Å². The summed E-state index contributed by atoms with van der Waals surface area (Å²) in [6.45, 7) is 14.9. The molecule has 2 atom stereocenters. The summed E-state index contributed by atoms with van der Waals surface area (Å²) in [7, 11) is 0. The molecule has 1 heterocycles. The number of amides is 1. The third kappa shape index (κ3) is 6.00. The highest BCUT2D eigenvalue weighted by atomic mass is 35.5. The second-order valence-electron chi connectivity index (χ2n) is 9.01. The zero-order chi connectivity index (χ0) is 18.0. The van der Waals surface area contributed by atoms with Crippen molar-refractivity contribution in [2.45, 2.75) is 71.3 Å². The Balaban J connectivity index is 0.00000312. The summed E-state index contributed by atoms with van der Waals surface area (Å²) >= 11 is 0. The SMILES string of the molecule is C[C@H]1C[C@@H](C(=O)NCC(C)(C)c2ccc(C(C)(C)C)cc2)CCN1.Cl. The highest BCUT2D eigenvalue weighted by molar-refractivity contribution is 5.85. The third-order valence-electron chi connectivity index (χ3n) is 5.23. The average molecular weight is 367 g/mol. The molecule has 1 fully saturated rings. The number of hydrogen-bond donors (Lipinski definition) is 2. The Labute approximate surface area is 159 Å². The molecule has 25 heavy (non-hydrogen) atoms. The molecule has 3 nitrogen and oxygen atoms in total. The molecule has 142 valence electrons. The van der Waals surface area contributed by atoms with Crippen molar-refractivity contribution >= 4 is 18.3 Å². The minimum absolute atomic E-state index is 0. The Morgan fingerprint density at radius 3 is 2.20 bits per heavy atom. The first-order valence-electron chi connectivity index (χ1n) is 9.22. The number of halogens is 1. The fourth-order valence-corrected chi connectivity index (χ4v) is 3.35. The molecule has 0 saturated carbocycles. The molecular weight excluding hydrogens is 332 g/mol. The van der Waals surface area contributed by atoms with Crippen LogP contribution in [0.25, 0.3) is 0 Å². The molecule has 0 spiro atoms. The van der Waals surface area contributed by atoms with Crippen molar-refractivity contribution in [2.75, 3.05) is 13.1 Å². The number of hydrogen-bond acceptors (Lipinski definition) is 2. The lowest BCUT2D eigenvalue weighted by molar-refractivity contribution is -0.126. The summed E-state index contributed by atoms with van der Waals surface area (Å²) in [5.41, 5.74) is 2.72. The standard InChI is InChI=1S/C21H34N2O.ClH/c1-15-13-16(11-12-22-15)19(24)23-14-21(5,6)18-9-7-17(8-10-18)20(2,3)4;/h7-10,15-16,22H,11-14H2,1-6H3,(H,23,24);1H/t15-,16-;/m0./s1. The molecule has 0 radical (unpaired) electrons. The van der Waals surface area contributed by atoms with E-state index in [0.29, 0.717) is 12.6 Å². The van der Waals surface area contributed by atoms with Gasteiger partial charge in [0.15, 0.2) is 0 Å². The molecule has 2 N–H and O–H groups in total. The Kier molecular flexibility index (Phi) is 7.52. The van der Waals surface area contributed by atoms with E-state index >= 15 is 0 Å². The van der Waals surface area contributed by atoms with E-state index < -0.39 is 0 Å². The summed E-state index contributed by atoms with van der Waals surface area (Å²) in [6, 6.07) is 9.28. The summed E-state index contributed by atoms with van der Waals surface area (Å²) in [4.78, 5) is 12.5. The van der Waals surface area contributed by atoms with Gasteiger partial charge < -0.3 is 10.6 Å². The molecule has 1 saturated heterocycles. The van der Waals surface area contributed by atoms with Crippen LogP contribution < -0.4 is 10.6 Å². The Hall–Kier alpha value is -1.06. The number of rotatable bonds is 4. The van der Waals surface area contributed by atoms with Crippen LogP contribution in [0.4, 0.5) is 0 Å². The van der Waals surface area contributed by atoms with Crippen LogP contribution in [0.2, 0.25) is 0 Å². The van der Waals surface area contributed by atoms with Gasteiger partial charge in [0.2, 0.25) is 5.91 Å². The van der Waals surface area contributed by atoms with Crippen molar-refractivity contribution in [1.29, 1.82) is 0 Å². The molecule has 0 aromatic heterocycles. The zero-order valence-electron chi connectivity index (χ0n) is 16.6. The lowest BCUT2D eigenvalue weighted by Crippen LogP contribution is -2.45. The third-order valence-corrected chi connectivity index (χ3v) is 5.23. The monoisotopic (exact) mass is 366 g/mol. The van der Waals surface area contributed by atoms with E-state index in [-0.39, 0.29) is 35.1 Å². The number of nitrogens with one attached hydrogen (secondary N) is 2. The molecule has 1 amide bonds. The van der Waals surface area contributed by atoms with Crippen molar-refractivity contribution in [3.8, 4) is 0 Å². The molecule has 4 heteroatoms. The highest BCUT2D eigenvalue weighted by Crippen LogP contribution is 2.27. The summed E-state index contributed by atoms with van der Waals surface area (Å²) in [5, 5.41) is 6.59. The molecule has 1 aliphatic rings. The summed E-state index contributed by atoms with van der Waals surface area (Å²) in [6.07, 6.45) is 1.88. The smallest absolute Gasteiger partial charge is 0.223 e. The molecule has 0 bridgehead atoms. The van der Waals surface area contributed by atoms with Crippen LogP contribution in [0.1, 0.15) is 65.5 Å². The van der Waals surface area contributed by atoms with Crippen LogP contribution in [-0.4, -0.2) is 25.0 Å². The maximum Gasteiger partial charge on any atom is 0.223 e. The molecule has 2 rings (SSSR count). The van der Waals surface area contributed by atoms with E-state index in [9.17, 15) is 4.79 Å². The average Bonchev–Trinajstić information content (AvgIpc) is 2.52. The van der Waals surface area contributed by atoms with Gasteiger partial charge in [0.1, 0.15) is 0 Å². The predicted molar refractivity (Wildman–Crippen MR) is 109 cm³/mol. The molecule has 0 aliphatic carbocycles. The van der Waals surface area contributed by atoms with Crippen LogP contribution in [-0.2, 0) is 15.6 Å². The molecular formula is C21H35ClN2O. The lowest BCUT2D eigenvalue weighted by atomic mass is 9.81. The number of piperidine rings is 1. The second-order valence-corrected chi connectivity index (χ2v) is 9.01. The maximum absolute atomic E-state index is 12.5. The fraction of sp³-hybridized carbons (Fsp3) is 0.667. The van der Waals surface area contributed by atoms with Crippen LogP contribution in [0, 0.1) is 5.92 Å². The number of carbonyl (C=O) groups excluding carboxylic acids is 1. The molecule has 1 aromatic rings. The number of carbonyl (C=O) groups is 1. The van der Waals surface area contributed by atoms with Crippen molar-refractivity contribution < 1.29 is 4.79 Å². The van der Waals surface area contributed by atoms with Gasteiger partial charge in [-0.1, -0.05) is 58.9 Å². The minimum Gasteiger partial charge on any atom is -0.355 e. The van der Waals surface area contributed by atoms with Gasteiger partial charge in [-0.2, -0.15) is 0 Å². The quantitative estimate of drug-likeness (QED) is 0.838. The Morgan fingerprint density at radius 1 is 1.12 bits per heavy atom. The van der Waals surface area contributed by atoms with Crippen molar-refractivity contribution in [1.82, 2.24) is 10.6 Å². The van der Waals surface area contributed by atoms with Gasteiger partial charge in [-0.25, -0.2) is 0 Å². The largest absolute Gasteiger partial charge is 0.355 e. The van der Waals surface area contributed by atoms with E-state index in [1.165, 1.54) is 11.1 Å². The van der Waals surface area contributed by atoms with Gasteiger partial charge in [0.25, 0.3) is 0 Å². The summed E-state index contributed by atoms with van der Waals surface area (Å²) < 4.78 is 0. The van der Waals surface area contributed by atoms with Gasteiger partial charge in [-0.3, -0.25) is 4.79 Å².